The number of hydrogen-bond acceptors (Lipinski definition) is 5. The fourth-order valence-electron chi connectivity index (χ4n) is 0.975. The van der Waals surface area contributed by atoms with Crippen LogP contribution in [0.15, 0.2) is 36.4 Å². The van der Waals surface area contributed by atoms with Gasteiger partial charge in [0.2, 0.25) is 0 Å². The van der Waals surface area contributed by atoms with Gasteiger partial charge in [0.05, 0.1) is 4.92 Å². The summed E-state index contributed by atoms with van der Waals surface area (Å²) in [4.78, 5) is 29.5. The fraction of sp³-hybridized carbons (Fsp3) is 0. The Bertz CT molecular complexity index is 479. The minimum atomic E-state index is -0.630. The molecule has 0 saturated heterocycles. The predicted octanol–water partition coefficient (Wildman–Crippen LogP) is 0.499. The maximum absolute atomic E-state index is 10.1. The van der Waals surface area contributed by atoms with E-state index in [0.29, 0.717) is 0 Å². The normalized spacial score (nSPS) is 12.7. The molecule has 1 aliphatic heterocycles. The van der Waals surface area contributed by atoms with Gasteiger partial charge < -0.3 is 5.11 Å². The zero-order valence-corrected chi connectivity index (χ0v) is 8.49. The van der Waals surface area contributed by atoms with E-state index in [9.17, 15) is 19.7 Å². The lowest BCUT2D eigenvalue weighted by atomic mass is 10.3. The molecule has 2 amide bonds. The molecule has 0 bridgehead atoms. The van der Waals surface area contributed by atoms with E-state index in [1.54, 1.807) is 0 Å². The predicted molar refractivity (Wildman–Crippen MR) is 57.1 cm³/mol. The molecule has 0 radical (unpaired) electrons. The highest BCUT2D eigenvalue weighted by Gasteiger charge is 2.09. The molecule has 88 valence electrons. The quantitative estimate of drug-likeness (QED) is 0.419. The maximum atomic E-state index is 10.1. The van der Waals surface area contributed by atoms with Crippen molar-refractivity contribution in [1.29, 1.82) is 0 Å². The van der Waals surface area contributed by atoms with Crippen LogP contribution in [0, 0.1) is 10.1 Å². The molecule has 7 heteroatoms. The highest BCUT2D eigenvalue weighted by atomic mass is 16.6. The van der Waals surface area contributed by atoms with Gasteiger partial charge in [-0.05, 0) is 6.07 Å². The number of rotatable bonds is 1. The van der Waals surface area contributed by atoms with Crippen LogP contribution in [0.3, 0.4) is 0 Å². The SMILES string of the molecule is O=C1C=CC(=O)N1.O=[N+]([O-])c1ccccc1O. The molecule has 0 aromatic heterocycles. The first-order chi connectivity index (χ1) is 8.00. The van der Waals surface area contributed by atoms with Crippen LogP contribution in [0.4, 0.5) is 5.69 Å². The van der Waals surface area contributed by atoms with Gasteiger partial charge in [0.15, 0.2) is 5.75 Å². The van der Waals surface area contributed by atoms with E-state index in [0.717, 1.165) is 0 Å². The number of imide groups is 1. The topological polar surface area (TPSA) is 110 Å². The van der Waals surface area contributed by atoms with Gasteiger partial charge in [-0.3, -0.25) is 25.0 Å². The summed E-state index contributed by atoms with van der Waals surface area (Å²) in [6.07, 6.45) is 2.39. The molecule has 1 aliphatic rings. The van der Waals surface area contributed by atoms with Crippen molar-refractivity contribution in [3.63, 3.8) is 0 Å². The Labute approximate surface area is 95.5 Å². The van der Waals surface area contributed by atoms with E-state index in [1.807, 2.05) is 5.32 Å². The number of phenols is 1. The highest BCUT2D eigenvalue weighted by Crippen LogP contribution is 2.23. The third-order valence-electron chi connectivity index (χ3n) is 1.71. The van der Waals surface area contributed by atoms with Crippen LogP contribution >= 0.6 is 0 Å². The fourth-order valence-corrected chi connectivity index (χ4v) is 0.975. The van der Waals surface area contributed by atoms with Crippen LogP contribution in [0.1, 0.15) is 0 Å². The molecule has 7 nitrogen and oxygen atoms in total. The summed E-state index contributed by atoms with van der Waals surface area (Å²) >= 11 is 0. The minimum Gasteiger partial charge on any atom is -0.502 e. The van der Waals surface area contributed by atoms with Crippen molar-refractivity contribution >= 4 is 17.5 Å². The van der Waals surface area contributed by atoms with Crippen LogP contribution in [0.2, 0.25) is 0 Å². The summed E-state index contributed by atoms with van der Waals surface area (Å²) in [5.74, 6) is -0.956. The molecule has 0 fully saturated rings. The average Bonchev–Trinajstić information content (AvgIpc) is 2.63. The molecule has 0 unspecified atom stereocenters. The van der Waals surface area contributed by atoms with Crippen molar-refractivity contribution in [3.8, 4) is 5.75 Å². The number of aromatic hydroxyl groups is 1. The smallest absolute Gasteiger partial charge is 0.310 e. The van der Waals surface area contributed by atoms with Crippen molar-refractivity contribution in [1.82, 2.24) is 5.32 Å². The van der Waals surface area contributed by atoms with Crippen molar-refractivity contribution in [2.45, 2.75) is 0 Å². The number of amides is 2. The molecular weight excluding hydrogens is 228 g/mol. The van der Waals surface area contributed by atoms with Gasteiger partial charge in [-0.2, -0.15) is 0 Å². The van der Waals surface area contributed by atoms with Gasteiger partial charge in [-0.25, -0.2) is 0 Å². The van der Waals surface area contributed by atoms with E-state index in [2.05, 4.69) is 0 Å². The Morgan fingerprint density at radius 2 is 1.65 bits per heavy atom. The van der Waals surface area contributed by atoms with E-state index < -0.39 is 4.92 Å². The lowest BCUT2D eigenvalue weighted by molar-refractivity contribution is -0.385. The van der Waals surface area contributed by atoms with Gasteiger partial charge in [0, 0.05) is 18.2 Å². The van der Waals surface area contributed by atoms with Gasteiger partial charge >= 0.3 is 5.69 Å². The second kappa shape index (κ2) is 5.40. The lowest BCUT2D eigenvalue weighted by Gasteiger charge is -1.91. The van der Waals surface area contributed by atoms with Crippen molar-refractivity contribution in [2.24, 2.45) is 0 Å². The molecule has 0 saturated carbocycles. The molecule has 1 heterocycles. The molecule has 2 rings (SSSR count). The van der Waals surface area contributed by atoms with Crippen LogP contribution in [0.5, 0.6) is 5.75 Å². The van der Waals surface area contributed by atoms with Crippen LogP contribution in [0.25, 0.3) is 0 Å². The average molecular weight is 236 g/mol. The Hall–Kier alpha value is -2.70. The lowest BCUT2D eigenvalue weighted by Crippen LogP contribution is -2.19. The Kier molecular flexibility index (Phi) is 3.93. The number of nitrogens with zero attached hydrogens (tertiary/aromatic N) is 1. The molecule has 17 heavy (non-hydrogen) atoms. The summed E-state index contributed by atoms with van der Waals surface area (Å²) in [5, 5.41) is 20.9. The maximum Gasteiger partial charge on any atom is 0.310 e. The second-order valence-electron chi connectivity index (χ2n) is 2.93. The number of phenolic OH excluding ortho intramolecular Hbond substituents is 1. The monoisotopic (exact) mass is 236 g/mol. The molecule has 0 atom stereocenters. The zero-order chi connectivity index (χ0) is 12.8. The first kappa shape index (κ1) is 12.4. The molecule has 1 aromatic rings. The van der Waals surface area contributed by atoms with Crippen LogP contribution < -0.4 is 5.32 Å². The molecule has 0 aliphatic carbocycles. The summed E-state index contributed by atoms with van der Waals surface area (Å²) in [6.45, 7) is 0. The summed E-state index contributed by atoms with van der Waals surface area (Å²) < 4.78 is 0. The van der Waals surface area contributed by atoms with E-state index >= 15 is 0 Å². The molecule has 2 N–H and O–H groups in total. The van der Waals surface area contributed by atoms with Gasteiger partial charge in [-0.15, -0.1) is 0 Å². The third kappa shape index (κ3) is 3.74. The van der Waals surface area contributed by atoms with Crippen molar-refractivity contribution < 1.29 is 19.6 Å². The Balaban J connectivity index is 0.000000181. The number of carbonyl (C=O) groups is 2. The largest absolute Gasteiger partial charge is 0.502 e. The number of nitro groups is 1. The van der Waals surface area contributed by atoms with Crippen LogP contribution in [-0.4, -0.2) is 21.8 Å². The number of carbonyl (C=O) groups excluding carboxylic acids is 2. The first-order valence-electron chi connectivity index (χ1n) is 4.46. The van der Waals surface area contributed by atoms with E-state index in [1.165, 1.54) is 36.4 Å². The van der Waals surface area contributed by atoms with E-state index in [-0.39, 0.29) is 23.3 Å². The number of hydrogen-bond donors (Lipinski definition) is 2. The van der Waals surface area contributed by atoms with Crippen molar-refractivity contribution in [2.75, 3.05) is 0 Å². The highest BCUT2D eigenvalue weighted by molar-refractivity contribution is 6.12. The Morgan fingerprint density at radius 3 is 1.94 bits per heavy atom. The zero-order valence-electron chi connectivity index (χ0n) is 8.49. The van der Waals surface area contributed by atoms with E-state index in [4.69, 9.17) is 5.11 Å². The summed E-state index contributed by atoms with van der Waals surface area (Å²) in [6, 6.07) is 5.55. The second-order valence-corrected chi connectivity index (χ2v) is 2.93. The number of nitro benzene ring substituents is 1. The Morgan fingerprint density at radius 1 is 1.12 bits per heavy atom. The standard InChI is InChI=1S/C6H5NO3.C4H3NO2/c8-6-4-2-1-3-5(6)7(9)10;6-3-1-2-4(7)5-3/h1-4,8H;1-2H,(H,5,6,7). The molecular formula is C10H8N2O5. The van der Waals surface area contributed by atoms with Gasteiger partial charge in [-0.1, -0.05) is 12.1 Å². The van der Waals surface area contributed by atoms with Crippen LogP contribution in [-0.2, 0) is 9.59 Å². The van der Waals surface area contributed by atoms with Crippen molar-refractivity contribution in [3.05, 3.63) is 46.5 Å². The first-order valence-corrected chi connectivity index (χ1v) is 4.46. The number of nitrogens with one attached hydrogen (secondary N) is 1. The molecule has 1 aromatic carbocycles. The summed E-state index contributed by atoms with van der Waals surface area (Å²) in [7, 11) is 0. The third-order valence-corrected chi connectivity index (χ3v) is 1.71. The minimum absolute atomic E-state index is 0.262. The summed E-state index contributed by atoms with van der Waals surface area (Å²) in [5.41, 5.74) is -0.262. The van der Waals surface area contributed by atoms with Gasteiger partial charge in [0.1, 0.15) is 0 Å². The number of para-hydroxylation sites is 2. The number of benzene rings is 1. The van der Waals surface area contributed by atoms with Gasteiger partial charge in [0.25, 0.3) is 11.8 Å². The molecule has 0 spiro atoms.